The zero-order valence-electron chi connectivity index (χ0n) is 12.2. The number of methoxy groups -OCH3 is 2. The van der Waals surface area contributed by atoms with Gasteiger partial charge < -0.3 is 19.5 Å². The Morgan fingerprint density at radius 3 is 3.14 bits per heavy atom. The molecule has 4 atom stereocenters. The monoisotopic (exact) mass is 292 g/mol. The molecular weight excluding hydrogens is 272 g/mol. The van der Waals surface area contributed by atoms with Crippen molar-refractivity contribution in [1.29, 1.82) is 0 Å². The molecule has 0 unspecified atom stereocenters. The van der Waals surface area contributed by atoms with Crippen LogP contribution in [0.4, 0.5) is 0 Å². The lowest BCUT2D eigenvalue weighted by molar-refractivity contribution is -0.0810. The van der Waals surface area contributed by atoms with E-state index < -0.39 is 0 Å². The summed E-state index contributed by atoms with van der Waals surface area (Å²) in [4.78, 5) is 16.4. The molecule has 1 aromatic rings. The van der Waals surface area contributed by atoms with Crippen LogP contribution >= 0.6 is 0 Å². The molecule has 1 N–H and O–H groups in total. The zero-order valence-corrected chi connectivity index (χ0v) is 12.2. The lowest BCUT2D eigenvalue weighted by Gasteiger charge is -2.47. The van der Waals surface area contributed by atoms with E-state index in [2.05, 4.69) is 10.3 Å². The summed E-state index contributed by atoms with van der Waals surface area (Å²) in [6, 6.07) is 3.45. The van der Waals surface area contributed by atoms with Crippen molar-refractivity contribution < 1.29 is 19.0 Å². The number of carbonyl (C=O) groups is 1. The normalized spacial score (nSPS) is 30.4. The predicted molar refractivity (Wildman–Crippen MR) is 75.3 cm³/mol. The van der Waals surface area contributed by atoms with Crippen LogP contribution in [0.1, 0.15) is 16.9 Å². The maximum absolute atomic E-state index is 12.3. The van der Waals surface area contributed by atoms with Crippen LogP contribution in [0.25, 0.3) is 0 Å². The van der Waals surface area contributed by atoms with Crippen molar-refractivity contribution in [2.24, 2.45) is 11.8 Å². The molecule has 21 heavy (non-hydrogen) atoms. The second kappa shape index (κ2) is 5.99. The largest absolute Gasteiger partial charge is 0.497 e. The van der Waals surface area contributed by atoms with Gasteiger partial charge in [0.2, 0.25) is 0 Å². The van der Waals surface area contributed by atoms with Gasteiger partial charge in [-0.05, 0) is 12.5 Å². The fraction of sp³-hybridized carbons (Fsp3) is 0.600. The molecule has 2 heterocycles. The molecule has 1 aliphatic carbocycles. The van der Waals surface area contributed by atoms with E-state index in [0.29, 0.717) is 24.0 Å². The van der Waals surface area contributed by atoms with Gasteiger partial charge in [0.1, 0.15) is 11.4 Å². The molecule has 2 fully saturated rings. The summed E-state index contributed by atoms with van der Waals surface area (Å²) in [6.45, 7) is 1.36. The Hall–Kier alpha value is -1.66. The fourth-order valence-corrected chi connectivity index (χ4v) is 3.32. The molecular formula is C15H20N2O4. The SMILES string of the molecule is COC[C@@H]1[C@H](NC(=O)c2cc(OC)ccn2)[C@H]2CCO[C@H]21. The first-order chi connectivity index (χ1) is 10.2. The zero-order chi connectivity index (χ0) is 14.8. The van der Waals surface area contributed by atoms with Gasteiger partial charge in [-0.3, -0.25) is 9.78 Å². The Morgan fingerprint density at radius 1 is 1.52 bits per heavy atom. The van der Waals surface area contributed by atoms with Gasteiger partial charge in [0.15, 0.2) is 0 Å². The lowest BCUT2D eigenvalue weighted by Crippen LogP contribution is -2.62. The van der Waals surface area contributed by atoms with Gasteiger partial charge in [-0.15, -0.1) is 0 Å². The highest BCUT2D eigenvalue weighted by Crippen LogP contribution is 2.43. The predicted octanol–water partition coefficient (Wildman–Crippen LogP) is 0.870. The molecule has 2 aliphatic rings. The van der Waals surface area contributed by atoms with Gasteiger partial charge in [-0.25, -0.2) is 0 Å². The van der Waals surface area contributed by atoms with Gasteiger partial charge in [-0.2, -0.15) is 0 Å². The summed E-state index contributed by atoms with van der Waals surface area (Å²) in [5.74, 6) is 1.06. The van der Waals surface area contributed by atoms with Crippen LogP contribution < -0.4 is 10.1 Å². The third kappa shape index (κ3) is 2.61. The molecule has 1 aromatic heterocycles. The quantitative estimate of drug-likeness (QED) is 0.872. The second-order valence-electron chi connectivity index (χ2n) is 5.49. The molecule has 6 heteroatoms. The molecule has 0 spiro atoms. The summed E-state index contributed by atoms with van der Waals surface area (Å²) >= 11 is 0. The van der Waals surface area contributed by atoms with Crippen LogP contribution in [0.5, 0.6) is 5.75 Å². The lowest BCUT2D eigenvalue weighted by atomic mass is 9.67. The Labute approximate surface area is 123 Å². The summed E-state index contributed by atoms with van der Waals surface area (Å²) < 4.78 is 16.1. The number of amides is 1. The number of nitrogens with one attached hydrogen (secondary N) is 1. The summed E-state index contributed by atoms with van der Waals surface area (Å²) in [7, 11) is 3.24. The molecule has 114 valence electrons. The van der Waals surface area contributed by atoms with Crippen LogP contribution in [0.3, 0.4) is 0 Å². The van der Waals surface area contributed by atoms with E-state index in [1.807, 2.05) is 0 Å². The first kappa shape index (κ1) is 14.3. The topological polar surface area (TPSA) is 69.7 Å². The van der Waals surface area contributed by atoms with Gasteiger partial charge >= 0.3 is 0 Å². The summed E-state index contributed by atoms with van der Waals surface area (Å²) in [5, 5.41) is 3.07. The van der Waals surface area contributed by atoms with Gasteiger partial charge in [-0.1, -0.05) is 0 Å². The Bertz CT molecular complexity index is 522. The highest BCUT2D eigenvalue weighted by Gasteiger charge is 2.54. The summed E-state index contributed by atoms with van der Waals surface area (Å²) in [6.07, 6.45) is 2.78. The Morgan fingerprint density at radius 2 is 2.38 bits per heavy atom. The molecule has 0 radical (unpaired) electrons. The third-order valence-corrected chi connectivity index (χ3v) is 4.38. The number of hydrogen-bond donors (Lipinski definition) is 1. The van der Waals surface area contributed by atoms with Crippen molar-refractivity contribution in [3.05, 3.63) is 24.0 Å². The van der Waals surface area contributed by atoms with Crippen LogP contribution in [0, 0.1) is 11.8 Å². The Balaban J connectivity index is 1.68. The maximum Gasteiger partial charge on any atom is 0.270 e. The molecule has 0 aromatic carbocycles. The highest BCUT2D eigenvalue weighted by atomic mass is 16.5. The van der Waals surface area contributed by atoms with E-state index in [-0.39, 0.29) is 24.0 Å². The minimum Gasteiger partial charge on any atom is -0.497 e. The van der Waals surface area contributed by atoms with E-state index in [0.717, 1.165) is 13.0 Å². The average Bonchev–Trinajstić information content (AvgIpc) is 2.94. The van der Waals surface area contributed by atoms with Crippen LogP contribution in [0.15, 0.2) is 18.3 Å². The number of rotatable bonds is 5. The van der Waals surface area contributed by atoms with Crippen LogP contribution in [0.2, 0.25) is 0 Å². The molecule has 0 bridgehead atoms. The number of hydrogen-bond acceptors (Lipinski definition) is 5. The number of carbonyl (C=O) groups excluding carboxylic acids is 1. The molecule has 6 nitrogen and oxygen atoms in total. The minimum absolute atomic E-state index is 0.0953. The minimum atomic E-state index is -0.176. The van der Waals surface area contributed by atoms with E-state index in [4.69, 9.17) is 14.2 Å². The van der Waals surface area contributed by atoms with Gasteiger partial charge in [0, 0.05) is 43.9 Å². The van der Waals surface area contributed by atoms with E-state index in [1.165, 1.54) is 0 Å². The first-order valence-electron chi connectivity index (χ1n) is 7.16. The molecule has 3 rings (SSSR count). The van der Waals surface area contributed by atoms with Gasteiger partial charge in [0.05, 0.1) is 19.8 Å². The second-order valence-corrected chi connectivity index (χ2v) is 5.49. The van der Waals surface area contributed by atoms with Crippen molar-refractivity contribution in [1.82, 2.24) is 10.3 Å². The third-order valence-electron chi connectivity index (χ3n) is 4.38. The molecule has 1 amide bonds. The van der Waals surface area contributed by atoms with Crippen LogP contribution in [-0.4, -0.2) is 50.5 Å². The fourth-order valence-electron chi connectivity index (χ4n) is 3.32. The van der Waals surface area contributed by atoms with E-state index in [1.54, 1.807) is 32.5 Å². The van der Waals surface area contributed by atoms with Crippen LogP contribution in [-0.2, 0) is 9.47 Å². The summed E-state index contributed by atoms with van der Waals surface area (Å²) in [5.41, 5.74) is 0.368. The van der Waals surface area contributed by atoms with E-state index >= 15 is 0 Å². The highest BCUT2D eigenvalue weighted by molar-refractivity contribution is 5.92. The van der Waals surface area contributed by atoms with Crippen molar-refractivity contribution in [3.63, 3.8) is 0 Å². The van der Waals surface area contributed by atoms with Crippen molar-refractivity contribution in [2.75, 3.05) is 27.4 Å². The van der Waals surface area contributed by atoms with Crippen molar-refractivity contribution >= 4 is 5.91 Å². The smallest absolute Gasteiger partial charge is 0.270 e. The molecule has 1 saturated carbocycles. The number of aromatic nitrogens is 1. The van der Waals surface area contributed by atoms with Gasteiger partial charge in [0.25, 0.3) is 5.91 Å². The first-order valence-corrected chi connectivity index (χ1v) is 7.16. The van der Waals surface area contributed by atoms with Crippen molar-refractivity contribution in [2.45, 2.75) is 18.6 Å². The number of nitrogens with zero attached hydrogens (tertiary/aromatic N) is 1. The van der Waals surface area contributed by atoms with E-state index in [9.17, 15) is 4.79 Å². The molecule has 1 aliphatic heterocycles. The number of fused-ring (bicyclic) bond motifs is 1. The standard InChI is InChI=1S/C15H20N2O4/c1-19-8-11-13(10-4-6-21-14(10)11)17-15(18)12-7-9(20-2)3-5-16-12/h3,5,7,10-11,13-14H,4,6,8H2,1-2H3,(H,17,18)/t10-,11-,13-,14-/m1/s1. The Kier molecular flexibility index (Phi) is 4.07. The average molecular weight is 292 g/mol. The molecule has 1 saturated heterocycles. The maximum atomic E-state index is 12.3. The van der Waals surface area contributed by atoms with Crippen molar-refractivity contribution in [3.8, 4) is 5.75 Å². The number of pyridine rings is 1. The number of ether oxygens (including phenoxy) is 3.